The fourth-order valence-corrected chi connectivity index (χ4v) is 2.21. The Morgan fingerprint density at radius 2 is 2.33 bits per heavy atom. The van der Waals surface area contributed by atoms with E-state index in [1.807, 2.05) is 6.08 Å². The van der Waals surface area contributed by atoms with E-state index in [-0.39, 0.29) is 6.10 Å². The van der Waals surface area contributed by atoms with E-state index in [1.165, 1.54) is 12.8 Å². The molecule has 1 heterocycles. The van der Waals surface area contributed by atoms with E-state index < -0.39 is 0 Å². The van der Waals surface area contributed by atoms with Crippen molar-refractivity contribution in [1.29, 1.82) is 0 Å². The van der Waals surface area contributed by atoms with Crippen LogP contribution in [0.15, 0.2) is 12.7 Å². The van der Waals surface area contributed by atoms with Crippen molar-refractivity contribution in [3.8, 4) is 0 Å². The largest absolute Gasteiger partial charge is 0.392 e. The molecule has 3 atom stereocenters. The summed E-state index contributed by atoms with van der Waals surface area (Å²) in [5.41, 5.74) is 0. The van der Waals surface area contributed by atoms with Crippen molar-refractivity contribution in [3.05, 3.63) is 12.7 Å². The lowest BCUT2D eigenvalue weighted by Gasteiger charge is -2.38. The summed E-state index contributed by atoms with van der Waals surface area (Å²) in [4.78, 5) is 2.42. The number of hydrogen-bond donors (Lipinski definition) is 1. The molecule has 3 unspecified atom stereocenters. The molecule has 0 aromatic heterocycles. The highest BCUT2D eigenvalue weighted by Crippen LogP contribution is 2.20. The monoisotopic (exact) mass is 211 g/mol. The summed E-state index contributed by atoms with van der Waals surface area (Å²) in [6.45, 7) is 10.2. The number of hydrogen-bond acceptors (Lipinski definition) is 2. The average molecular weight is 211 g/mol. The van der Waals surface area contributed by atoms with Crippen LogP contribution < -0.4 is 0 Å². The van der Waals surface area contributed by atoms with Crippen molar-refractivity contribution in [3.63, 3.8) is 0 Å². The second kappa shape index (κ2) is 6.29. The lowest BCUT2D eigenvalue weighted by molar-refractivity contribution is 0.0115. The van der Waals surface area contributed by atoms with E-state index in [0.29, 0.717) is 12.0 Å². The Kier molecular flexibility index (Phi) is 5.34. The molecule has 0 bridgehead atoms. The molecule has 0 spiro atoms. The molecule has 88 valence electrons. The third kappa shape index (κ3) is 3.96. The van der Waals surface area contributed by atoms with Crippen LogP contribution in [0.5, 0.6) is 0 Å². The van der Waals surface area contributed by atoms with Gasteiger partial charge in [0.15, 0.2) is 0 Å². The molecule has 15 heavy (non-hydrogen) atoms. The van der Waals surface area contributed by atoms with E-state index in [4.69, 9.17) is 0 Å². The number of rotatable bonds is 5. The van der Waals surface area contributed by atoms with E-state index >= 15 is 0 Å². The molecule has 1 fully saturated rings. The van der Waals surface area contributed by atoms with E-state index in [1.54, 1.807) is 0 Å². The predicted octanol–water partition coefficient (Wildman–Crippen LogP) is 2.43. The van der Waals surface area contributed by atoms with Crippen LogP contribution in [-0.2, 0) is 0 Å². The van der Waals surface area contributed by atoms with Crippen molar-refractivity contribution in [2.45, 2.75) is 51.7 Å². The van der Waals surface area contributed by atoms with Gasteiger partial charge in [0.25, 0.3) is 0 Å². The molecule has 0 amide bonds. The van der Waals surface area contributed by atoms with Crippen molar-refractivity contribution < 1.29 is 5.11 Å². The quantitative estimate of drug-likeness (QED) is 0.558. The fraction of sp³-hybridized carbons (Fsp3) is 0.846. The molecule has 1 N–H and O–H groups in total. The summed E-state index contributed by atoms with van der Waals surface area (Å²) in [5.74, 6) is 0.474. The maximum atomic E-state index is 9.81. The van der Waals surface area contributed by atoms with Gasteiger partial charge in [-0.3, -0.25) is 4.90 Å². The summed E-state index contributed by atoms with van der Waals surface area (Å²) >= 11 is 0. The van der Waals surface area contributed by atoms with Gasteiger partial charge in [0, 0.05) is 12.6 Å². The van der Waals surface area contributed by atoms with Crippen LogP contribution in [0.1, 0.15) is 39.5 Å². The van der Waals surface area contributed by atoms with Gasteiger partial charge in [0.05, 0.1) is 6.10 Å². The van der Waals surface area contributed by atoms with Crippen molar-refractivity contribution in [2.24, 2.45) is 5.92 Å². The number of aliphatic hydroxyl groups excluding tert-OH is 1. The smallest absolute Gasteiger partial charge is 0.0693 e. The van der Waals surface area contributed by atoms with Crippen LogP contribution >= 0.6 is 0 Å². The van der Waals surface area contributed by atoms with Gasteiger partial charge in [0.1, 0.15) is 0 Å². The molecule has 1 aliphatic heterocycles. The normalized spacial score (nSPS) is 30.1. The molecule has 1 rings (SSSR count). The molecule has 2 heteroatoms. The second-order valence-electron chi connectivity index (χ2n) is 4.90. The molecule has 0 aromatic carbocycles. The van der Waals surface area contributed by atoms with Crippen LogP contribution in [0.3, 0.4) is 0 Å². The first-order valence-corrected chi connectivity index (χ1v) is 6.18. The topological polar surface area (TPSA) is 23.5 Å². The fourth-order valence-electron chi connectivity index (χ4n) is 2.21. The first-order chi connectivity index (χ1) is 7.15. The number of unbranched alkanes of at least 4 members (excludes halogenated alkanes) is 1. The number of likely N-dealkylation sites (tertiary alicyclic amines) is 1. The van der Waals surface area contributed by atoms with Gasteiger partial charge < -0.3 is 5.11 Å². The Balaban J connectivity index is 2.27. The summed E-state index contributed by atoms with van der Waals surface area (Å²) in [6.07, 6.45) is 6.53. The molecule has 2 nitrogen and oxygen atoms in total. The van der Waals surface area contributed by atoms with Crippen molar-refractivity contribution >= 4 is 0 Å². The Morgan fingerprint density at radius 3 is 2.93 bits per heavy atom. The minimum atomic E-state index is -0.124. The molecule has 0 aromatic rings. The Morgan fingerprint density at radius 1 is 1.60 bits per heavy atom. The first kappa shape index (κ1) is 12.7. The SMILES string of the molecule is C=CCCCC(C)N1CCC(C)C(O)C1. The van der Waals surface area contributed by atoms with Gasteiger partial charge in [-0.05, 0) is 45.1 Å². The van der Waals surface area contributed by atoms with Crippen molar-refractivity contribution in [1.82, 2.24) is 4.90 Å². The zero-order valence-electron chi connectivity index (χ0n) is 10.2. The second-order valence-corrected chi connectivity index (χ2v) is 4.90. The number of nitrogens with zero attached hydrogens (tertiary/aromatic N) is 1. The standard InChI is InChI=1S/C13H25NO/c1-4-5-6-7-12(3)14-9-8-11(2)13(15)10-14/h4,11-13,15H,1,5-10H2,2-3H3. The molecular formula is C13H25NO. The number of piperidine rings is 1. The van der Waals surface area contributed by atoms with Gasteiger partial charge in [-0.15, -0.1) is 6.58 Å². The summed E-state index contributed by atoms with van der Waals surface area (Å²) in [6, 6.07) is 0.604. The predicted molar refractivity (Wildman–Crippen MR) is 64.9 cm³/mol. The van der Waals surface area contributed by atoms with E-state index in [2.05, 4.69) is 25.3 Å². The summed E-state index contributed by atoms with van der Waals surface area (Å²) in [7, 11) is 0. The lowest BCUT2D eigenvalue weighted by atomic mass is 9.94. The zero-order valence-corrected chi connectivity index (χ0v) is 10.2. The average Bonchev–Trinajstić information content (AvgIpc) is 2.22. The Labute approximate surface area is 94.0 Å². The minimum absolute atomic E-state index is 0.124. The van der Waals surface area contributed by atoms with Gasteiger partial charge >= 0.3 is 0 Å². The molecule has 0 aliphatic carbocycles. The van der Waals surface area contributed by atoms with Crippen LogP contribution in [0.2, 0.25) is 0 Å². The number of β-amino-alcohol motifs (C(OH)–C–C–N with tert-alkyl or cyclic N) is 1. The van der Waals surface area contributed by atoms with E-state index in [0.717, 1.165) is 25.9 Å². The highest BCUT2D eigenvalue weighted by atomic mass is 16.3. The molecule has 0 radical (unpaired) electrons. The zero-order chi connectivity index (χ0) is 11.3. The Hall–Kier alpha value is -0.340. The molecule has 1 aliphatic rings. The minimum Gasteiger partial charge on any atom is -0.392 e. The van der Waals surface area contributed by atoms with Gasteiger partial charge in [-0.25, -0.2) is 0 Å². The third-order valence-corrected chi connectivity index (χ3v) is 3.60. The molecular weight excluding hydrogens is 186 g/mol. The summed E-state index contributed by atoms with van der Waals surface area (Å²) in [5, 5.41) is 9.81. The number of aliphatic hydroxyl groups is 1. The highest BCUT2D eigenvalue weighted by Gasteiger charge is 2.26. The highest BCUT2D eigenvalue weighted by molar-refractivity contribution is 4.81. The lowest BCUT2D eigenvalue weighted by Crippen LogP contribution is -2.46. The van der Waals surface area contributed by atoms with Crippen LogP contribution in [0.25, 0.3) is 0 Å². The van der Waals surface area contributed by atoms with Gasteiger partial charge in [-0.2, -0.15) is 0 Å². The Bertz CT molecular complexity index is 193. The maximum Gasteiger partial charge on any atom is 0.0693 e. The van der Waals surface area contributed by atoms with Crippen LogP contribution in [-0.4, -0.2) is 35.2 Å². The van der Waals surface area contributed by atoms with E-state index in [9.17, 15) is 5.11 Å². The molecule has 0 saturated carbocycles. The third-order valence-electron chi connectivity index (χ3n) is 3.60. The van der Waals surface area contributed by atoms with Crippen LogP contribution in [0.4, 0.5) is 0 Å². The maximum absolute atomic E-state index is 9.81. The van der Waals surface area contributed by atoms with Crippen LogP contribution in [0, 0.1) is 5.92 Å². The number of allylic oxidation sites excluding steroid dienone is 1. The van der Waals surface area contributed by atoms with Gasteiger partial charge in [0.2, 0.25) is 0 Å². The molecule has 1 saturated heterocycles. The van der Waals surface area contributed by atoms with Gasteiger partial charge in [-0.1, -0.05) is 13.0 Å². The summed E-state index contributed by atoms with van der Waals surface area (Å²) < 4.78 is 0. The first-order valence-electron chi connectivity index (χ1n) is 6.18. The van der Waals surface area contributed by atoms with Crippen molar-refractivity contribution in [2.75, 3.05) is 13.1 Å².